The van der Waals surface area contributed by atoms with E-state index in [0.717, 1.165) is 29.6 Å². The highest BCUT2D eigenvalue weighted by atomic mass is 16.7. The fourth-order valence-electron chi connectivity index (χ4n) is 3.93. The Bertz CT molecular complexity index is 1410. The van der Waals surface area contributed by atoms with Crippen LogP contribution in [0, 0.1) is 0 Å². The number of fused-ring (bicyclic) bond motifs is 2. The van der Waals surface area contributed by atoms with Gasteiger partial charge in [0.15, 0.2) is 11.5 Å². The molecule has 32 heavy (non-hydrogen) atoms. The van der Waals surface area contributed by atoms with E-state index in [9.17, 15) is 9.59 Å². The molecule has 1 aliphatic heterocycles. The molecule has 0 atom stereocenters. The van der Waals surface area contributed by atoms with Crippen LogP contribution in [0.4, 0.5) is 5.69 Å². The summed E-state index contributed by atoms with van der Waals surface area (Å²) in [6.45, 7) is -0.0476. The Kier molecular flexibility index (Phi) is 4.20. The van der Waals surface area contributed by atoms with E-state index in [2.05, 4.69) is 15.5 Å². The third kappa shape index (κ3) is 3.18. The predicted octanol–water partition coefficient (Wildman–Crippen LogP) is 2.83. The normalized spacial score (nSPS) is 14.6. The molecule has 0 spiro atoms. The first kappa shape index (κ1) is 18.6. The van der Waals surface area contributed by atoms with E-state index < -0.39 is 0 Å². The van der Waals surface area contributed by atoms with E-state index in [0.29, 0.717) is 22.7 Å². The number of nitrogens with zero attached hydrogens (tertiary/aromatic N) is 4. The minimum atomic E-state index is -0.356. The van der Waals surface area contributed by atoms with Crippen molar-refractivity contribution in [3.63, 3.8) is 0 Å². The van der Waals surface area contributed by atoms with Crippen molar-refractivity contribution in [1.29, 1.82) is 0 Å². The molecule has 0 radical (unpaired) electrons. The lowest BCUT2D eigenvalue weighted by Gasteiger charge is -2.11. The number of hydrogen-bond donors (Lipinski definition) is 1. The number of benzene rings is 2. The summed E-state index contributed by atoms with van der Waals surface area (Å²) in [5, 5.41) is 12.6. The Balaban J connectivity index is 1.36. The van der Waals surface area contributed by atoms with Gasteiger partial charge in [-0.25, -0.2) is 9.36 Å². The van der Waals surface area contributed by atoms with Crippen LogP contribution in [0.25, 0.3) is 16.6 Å². The molecule has 0 unspecified atom stereocenters. The fraction of sp³-hybridized carbons (Fsp3) is 0.217. The Hall–Kier alpha value is -4.14. The average Bonchev–Trinajstić information content (AvgIpc) is 3.37. The van der Waals surface area contributed by atoms with Crippen molar-refractivity contribution in [2.75, 3.05) is 12.1 Å². The highest BCUT2D eigenvalue weighted by Crippen LogP contribution is 2.41. The molecular weight excluding hydrogens is 410 g/mol. The van der Waals surface area contributed by atoms with Crippen LogP contribution in [0.5, 0.6) is 11.5 Å². The maximum Gasteiger partial charge on any atom is 0.293 e. The second kappa shape index (κ2) is 7.23. The number of para-hydroxylation sites is 1. The van der Waals surface area contributed by atoms with Gasteiger partial charge in [-0.3, -0.25) is 9.59 Å². The van der Waals surface area contributed by atoms with Crippen molar-refractivity contribution in [3.8, 4) is 17.2 Å². The molecule has 4 aromatic rings. The molecule has 0 saturated heterocycles. The van der Waals surface area contributed by atoms with Gasteiger partial charge in [0.2, 0.25) is 12.7 Å². The van der Waals surface area contributed by atoms with Gasteiger partial charge < -0.3 is 14.8 Å². The molecule has 2 aliphatic rings. The first-order valence-corrected chi connectivity index (χ1v) is 10.4. The molecule has 1 aliphatic carbocycles. The van der Waals surface area contributed by atoms with E-state index in [1.165, 1.54) is 4.68 Å². The first-order valence-electron chi connectivity index (χ1n) is 10.4. The van der Waals surface area contributed by atoms with Crippen LogP contribution in [-0.2, 0) is 11.3 Å². The molecule has 1 amide bonds. The Morgan fingerprint density at radius 2 is 1.91 bits per heavy atom. The topological polar surface area (TPSA) is 100 Å². The van der Waals surface area contributed by atoms with Gasteiger partial charge in [-0.2, -0.15) is 10.2 Å². The van der Waals surface area contributed by atoms with Crippen LogP contribution in [0.15, 0.2) is 59.5 Å². The summed E-state index contributed by atoms with van der Waals surface area (Å²) in [4.78, 5) is 26.1. The van der Waals surface area contributed by atoms with Crippen LogP contribution >= 0.6 is 0 Å². The standard InChI is InChI=1S/C23H19N5O4/c29-20(25-15-8-9-18-19(10-15)32-13-31-18)12-27-23(30)22-17(21(26-27)14-6-7-14)11-24-28(22)16-4-2-1-3-5-16/h1-5,8-11,14H,6-7,12-13H2,(H,25,29). The zero-order chi connectivity index (χ0) is 21.7. The van der Waals surface area contributed by atoms with Crippen LogP contribution in [0.2, 0.25) is 0 Å². The van der Waals surface area contributed by atoms with E-state index in [1.807, 2.05) is 30.3 Å². The molecular formula is C23H19N5O4. The molecule has 1 saturated carbocycles. The van der Waals surface area contributed by atoms with Crippen molar-refractivity contribution in [3.05, 3.63) is 70.8 Å². The summed E-state index contributed by atoms with van der Waals surface area (Å²) in [6.07, 6.45) is 3.72. The number of carbonyl (C=O) groups excluding carboxylic acids is 1. The maximum atomic E-state index is 13.3. The number of ether oxygens (including phenoxy) is 2. The van der Waals surface area contributed by atoms with Crippen LogP contribution in [-0.4, -0.2) is 32.3 Å². The summed E-state index contributed by atoms with van der Waals surface area (Å²) in [5.74, 6) is 1.14. The number of anilines is 1. The molecule has 160 valence electrons. The molecule has 6 rings (SSSR count). The van der Waals surface area contributed by atoms with Crippen LogP contribution < -0.4 is 20.3 Å². The highest BCUT2D eigenvalue weighted by molar-refractivity contribution is 5.91. The number of hydrogen-bond acceptors (Lipinski definition) is 6. The van der Waals surface area contributed by atoms with Crippen molar-refractivity contribution < 1.29 is 14.3 Å². The van der Waals surface area contributed by atoms with E-state index in [-0.39, 0.29) is 30.7 Å². The monoisotopic (exact) mass is 429 g/mol. The lowest BCUT2D eigenvalue weighted by molar-refractivity contribution is -0.117. The first-order chi connectivity index (χ1) is 15.7. The maximum absolute atomic E-state index is 13.3. The van der Waals surface area contributed by atoms with Gasteiger partial charge in [0.1, 0.15) is 12.1 Å². The SMILES string of the molecule is O=C(Cn1nc(C2CC2)c2cnn(-c3ccccc3)c2c1=O)Nc1ccc2c(c1)OCO2. The van der Waals surface area contributed by atoms with Gasteiger partial charge in [-0.15, -0.1) is 0 Å². The van der Waals surface area contributed by atoms with Gasteiger partial charge in [0.25, 0.3) is 5.56 Å². The molecule has 1 N–H and O–H groups in total. The van der Waals surface area contributed by atoms with Crippen molar-refractivity contribution in [2.45, 2.75) is 25.3 Å². The van der Waals surface area contributed by atoms with E-state index in [1.54, 1.807) is 29.1 Å². The number of aromatic nitrogens is 4. The lowest BCUT2D eigenvalue weighted by atomic mass is 10.2. The second-order valence-corrected chi connectivity index (χ2v) is 7.89. The average molecular weight is 429 g/mol. The third-order valence-electron chi connectivity index (χ3n) is 5.63. The van der Waals surface area contributed by atoms with Crippen molar-refractivity contribution >= 4 is 22.5 Å². The smallest absolute Gasteiger partial charge is 0.293 e. The van der Waals surface area contributed by atoms with Gasteiger partial charge in [-0.05, 0) is 37.1 Å². The quantitative estimate of drug-likeness (QED) is 0.524. The summed E-state index contributed by atoms with van der Waals surface area (Å²) in [5.41, 5.74) is 2.24. The minimum Gasteiger partial charge on any atom is -0.454 e. The van der Waals surface area contributed by atoms with Gasteiger partial charge in [0, 0.05) is 23.1 Å². The molecule has 2 aromatic carbocycles. The number of nitrogens with one attached hydrogen (secondary N) is 1. The third-order valence-corrected chi connectivity index (χ3v) is 5.63. The number of carbonyl (C=O) groups is 1. The fourth-order valence-corrected chi connectivity index (χ4v) is 3.93. The Morgan fingerprint density at radius 3 is 2.72 bits per heavy atom. The molecule has 1 fully saturated rings. The predicted molar refractivity (Wildman–Crippen MR) is 116 cm³/mol. The summed E-state index contributed by atoms with van der Waals surface area (Å²) in [6, 6.07) is 14.6. The zero-order valence-electron chi connectivity index (χ0n) is 17.0. The highest BCUT2D eigenvalue weighted by Gasteiger charge is 2.30. The van der Waals surface area contributed by atoms with Crippen molar-refractivity contribution in [1.82, 2.24) is 19.6 Å². The van der Waals surface area contributed by atoms with Gasteiger partial charge in [-0.1, -0.05) is 18.2 Å². The minimum absolute atomic E-state index is 0.158. The zero-order valence-corrected chi connectivity index (χ0v) is 17.0. The van der Waals surface area contributed by atoms with Gasteiger partial charge in [0.05, 0.1) is 17.6 Å². The van der Waals surface area contributed by atoms with E-state index >= 15 is 0 Å². The second-order valence-electron chi connectivity index (χ2n) is 7.89. The van der Waals surface area contributed by atoms with Gasteiger partial charge >= 0.3 is 0 Å². The Labute approximate surface area is 182 Å². The number of rotatable bonds is 5. The Morgan fingerprint density at radius 1 is 1.09 bits per heavy atom. The summed E-state index contributed by atoms with van der Waals surface area (Å²) in [7, 11) is 0. The van der Waals surface area contributed by atoms with E-state index in [4.69, 9.17) is 9.47 Å². The molecule has 9 nitrogen and oxygen atoms in total. The molecule has 0 bridgehead atoms. The molecule has 2 aromatic heterocycles. The molecule has 9 heteroatoms. The molecule has 3 heterocycles. The van der Waals surface area contributed by atoms with Crippen molar-refractivity contribution in [2.24, 2.45) is 0 Å². The lowest BCUT2D eigenvalue weighted by Crippen LogP contribution is -2.31. The number of amides is 1. The van der Waals surface area contributed by atoms with Crippen LogP contribution in [0.1, 0.15) is 24.5 Å². The summed E-state index contributed by atoms with van der Waals surface area (Å²) >= 11 is 0. The van der Waals surface area contributed by atoms with Crippen LogP contribution in [0.3, 0.4) is 0 Å². The summed E-state index contributed by atoms with van der Waals surface area (Å²) < 4.78 is 13.5. The largest absolute Gasteiger partial charge is 0.454 e.